The molecule has 1 aliphatic carbocycles. The van der Waals surface area contributed by atoms with Crippen molar-refractivity contribution in [3.63, 3.8) is 0 Å². The second kappa shape index (κ2) is 7.56. The summed E-state index contributed by atoms with van der Waals surface area (Å²) in [5, 5.41) is 3.12. The van der Waals surface area contributed by atoms with Gasteiger partial charge in [-0.3, -0.25) is 4.79 Å². The van der Waals surface area contributed by atoms with Crippen molar-refractivity contribution in [2.75, 3.05) is 47.9 Å². The second-order valence-corrected chi connectivity index (χ2v) is 6.76. The minimum absolute atomic E-state index is 0.160. The minimum Gasteiger partial charge on any atom is -0.465 e. The van der Waals surface area contributed by atoms with E-state index >= 15 is 0 Å². The predicted octanol–water partition coefficient (Wildman–Crippen LogP) is 1.33. The Hall–Kier alpha value is -0.650. The van der Waals surface area contributed by atoms with Gasteiger partial charge in [-0.15, -0.1) is 0 Å². The van der Waals surface area contributed by atoms with Crippen molar-refractivity contribution in [1.82, 2.24) is 15.1 Å². The summed E-state index contributed by atoms with van der Waals surface area (Å²) in [4.78, 5) is 16.8. The Kier molecular flexibility index (Phi) is 6.63. The molecule has 1 unspecified atom stereocenters. The van der Waals surface area contributed by atoms with E-state index in [9.17, 15) is 4.79 Å². The minimum atomic E-state index is -0.602. The van der Waals surface area contributed by atoms with Crippen LogP contribution in [-0.4, -0.2) is 74.7 Å². The van der Waals surface area contributed by atoms with Crippen molar-refractivity contribution in [2.24, 2.45) is 0 Å². The van der Waals surface area contributed by atoms with Gasteiger partial charge in [0.15, 0.2) is 0 Å². The molecule has 5 nitrogen and oxygen atoms in total. The number of carbonyl (C=O) groups excluding carboxylic acids is 1. The van der Waals surface area contributed by atoms with Crippen LogP contribution in [0.15, 0.2) is 0 Å². The molecule has 1 atom stereocenters. The molecule has 0 aromatic heterocycles. The lowest BCUT2D eigenvalue weighted by Gasteiger charge is -2.49. The number of likely N-dealkylation sites (N-methyl/N-ethyl adjacent to an activating group) is 3. The Labute approximate surface area is 130 Å². The van der Waals surface area contributed by atoms with E-state index in [2.05, 4.69) is 36.3 Å². The summed E-state index contributed by atoms with van der Waals surface area (Å²) in [6.07, 6.45) is 4.61. The first-order chi connectivity index (χ1) is 9.79. The van der Waals surface area contributed by atoms with E-state index in [-0.39, 0.29) is 5.97 Å². The van der Waals surface area contributed by atoms with Crippen LogP contribution in [0.5, 0.6) is 0 Å². The van der Waals surface area contributed by atoms with Crippen LogP contribution in [-0.2, 0) is 9.53 Å². The van der Waals surface area contributed by atoms with E-state index in [4.69, 9.17) is 4.74 Å². The van der Waals surface area contributed by atoms with E-state index in [0.717, 1.165) is 19.5 Å². The Morgan fingerprint density at radius 2 is 1.95 bits per heavy atom. The Balaban J connectivity index is 2.50. The highest BCUT2D eigenvalue weighted by Gasteiger charge is 2.40. The standard InChI is InChI=1S/C16H33N3O2/c1-7-21-14(20)15(2,17-3)11-12-19(6)13-16(18(4)5)9-8-10-16/h17H,7-13H2,1-6H3. The fraction of sp³-hybridized carbons (Fsp3) is 0.938. The molecule has 1 saturated carbocycles. The van der Waals surface area contributed by atoms with E-state index < -0.39 is 5.54 Å². The molecule has 0 aromatic rings. The molecule has 0 bridgehead atoms. The van der Waals surface area contributed by atoms with Gasteiger partial charge in [-0.2, -0.15) is 0 Å². The maximum atomic E-state index is 12.1. The molecular formula is C16H33N3O2. The quantitative estimate of drug-likeness (QED) is 0.651. The summed E-state index contributed by atoms with van der Waals surface area (Å²) in [7, 11) is 8.31. The Morgan fingerprint density at radius 3 is 2.33 bits per heavy atom. The number of esters is 1. The molecule has 0 heterocycles. The second-order valence-electron chi connectivity index (χ2n) is 6.76. The van der Waals surface area contributed by atoms with E-state index in [0.29, 0.717) is 12.1 Å². The third-order valence-electron chi connectivity index (χ3n) is 5.07. The normalized spacial score (nSPS) is 20.2. The van der Waals surface area contributed by atoms with Crippen LogP contribution < -0.4 is 5.32 Å². The van der Waals surface area contributed by atoms with Crippen LogP contribution in [0.3, 0.4) is 0 Å². The molecular weight excluding hydrogens is 266 g/mol. The fourth-order valence-electron chi connectivity index (χ4n) is 2.95. The third kappa shape index (κ3) is 4.41. The number of ether oxygens (including phenoxy) is 1. The van der Waals surface area contributed by atoms with Crippen LogP contribution in [0, 0.1) is 0 Å². The highest BCUT2D eigenvalue weighted by molar-refractivity contribution is 5.80. The molecule has 124 valence electrons. The fourth-order valence-corrected chi connectivity index (χ4v) is 2.95. The van der Waals surface area contributed by atoms with Crippen LogP contribution >= 0.6 is 0 Å². The largest absolute Gasteiger partial charge is 0.465 e. The topological polar surface area (TPSA) is 44.8 Å². The molecule has 0 aromatic carbocycles. The predicted molar refractivity (Wildman–Crippen MR) is 86.5 cm³/mol. The molecule has 1 N–H and O–H groups in total. The SMILES string of the molecule is CCOC(=O)C(C)(CCN(C)CC1(N(C)C)CCC1)NC. The number of carbonyl (C=O) groups is 1. The molecule has 0 spiro atoms. The molecule has 0 saturated heterocycles. The monoisotopic (exact) mass is 299 g/mol. The van der Waals surface area contributed by atoms with Crippen LogP contribution in [0.2, 0.25) is 0 Å². The first kappa shape index (κ1) is 18.4. The summed E-state index contributed by atoms with van der Waals surface area (Å²) < 4.78 is 5.17. The van der Waals surface area contributed by atoms with Crippen molar-refractivity contribution >= 4 is 5.97 Å². The number of nitrogens with zero attached hydrogens (tertiary/aromatic N) is 2. The summed E-state index contributed by atoms with van der Waals surface area (Å²) in [5.74, 6) is -0.160. The Morgan fingerprint density at radius 1 is 1.33 bits per heavy atom. The number of nitrogens with one attached hydrogen (secondary N) is 1. The lowest BCUT2D eigenvalue weighted by molar-refractivity contribution is -0.150. The zero-order valence-corrected chi connectivity index (χ0v) is 14.7. The van der Waals surface area contributed by atoms with Gasteiger partial charge in [-0.05, 0) is 67.7 Å². The summed E-state index contributed by atoms with van der Waals surface area (Å²) >= 11 is 0. The van der Waals surface area contributed by atoms with Crippen molar-refractivity contribution in [1.29, 1.82) is 0 Å². The molecule has 21 heavy (non-hydrogen) atoms. The first-order valence-electron chi connectivity index (χ1n) is 8.02. The van der Waals surface area contributed by atoms with Gasteiger partial charge in [-0.1, -0.05) is 0 Å². The number of hydrogen-bond donors (Lipinski definition) is 1. The summed E-state index contributed by atoms with van der Waals surface area (Å²) in [6, 6.07) is 0. The summed E-state index contributed by atoms with van der Waals surface area (Å²) in [6.45, 7) is 6.13. The number of rotatable bonds is 9. The van der Waals surface area contributed by atoms with Crippen molar-refractivity contribution in [3.8, 4) is 0 Å². The van der Waals surface area contributed by atoms with E-state index in [1.54, 1.807) is 0 Å². The molecule has 5 heteroatoms. The highest BCUT2D eigenvalue weighted by atomic mass is 16.5. The van der Waals surface area contributed by atoms with Crippen LogP contribution in [0.1, 0.15) is 39.5 Å². The van der Waals surface area contributed by atoms with Gasteiger partial charge in [0, 0.05) is 18.6 Å². The average Bonchev–Trinajstić information content (AvgIpc) is 2.40. The van der Waals surface area contributed by atoms with Crippen molar-refractivity contribution < 1.29 is 9.53 Å². The third-order valence-corrected chi connectivity index (χ3v) is 5.07. The van der Waals surface area contributed by atoms with Gasteiger partial charge < -0.3 is 19.9 Å². The molecule has 0 radical (unpaired) electrons. The molecule has 1 aliphatic rings. The zero-order chi connectivity index (χ0) is 16.1. The lowest BCUT2D eigenvalue weighted by atomic mass is 9.75. The van der Waals surface area contributed by atoms with Crippen LogP contribution in [0.25, 0.3) is 0 Å². The van der Waals surface area contributed by atoms with E-state index in [1.165, 1.54) is 19.3 Å². The maximum absolute atomic E-state index is 12.1. The van der Waals surface area contributed by atoms with E-state index in [1.807, 2.05) is 20.9 Å². The van der Waals surface area contributed by atoms with Gasteiger partial charge in [0.05, 0.1) is 6.61 Å². The molecule has 0 amide bonds. The van der Waals surface area contributed by atoms with Gasteiger partial charge in [0.2, 0.25) is 0 Å². The van der Waals surface area contributed by atoms with Gasteiger partial charge in [0.1, 0.15) is 5.54 Å². The van der Waals surface area contributed by atoms with Crippen molar-refractivity contribution in [3.05, 3.63) is 0 Å². The van der Waals surface area contributed by atoms with Gasteiger partial charge in [0.25, 0.3) is 0 Å². The Bertz CT molecular complexity index is 342. The smallest absolute Gasteiger partial charge is 0.326 e. The molecule has 1 fully saturated rings. The van der Waals surface area contributed by atoms with Crippen LogP contribution in [0.4, 0.5) is 0 Å². The highest BCUT2D eigenvalue weighted by Crippen LogP contribution is 2.36. The number of hydrogen-bond acceptors (Lipinski definition) is 5. The van der Waals surface area contributed by atoms with Gasteiger partial charge >= 0.3 is 5.97 Å². The zero-order valence-electron chi connectivity index (χ0n) is 14.7. The maximum Gasteiger partial charge on any atom is 0.326 e. The van der Waals surface area contributed by atoms with Gasteiger partial charge in [-0.25, -0.2) is 0 Å². The molecule has 1 rings (SSSR count). The molecule has 0 aliphatic heterocycles. The lowest BCUT2D eigenvalue weighted by Crippen LogP contribution is -2.57. The average molecular weight is 299 g/mol. The van der Waals surface area contributed by atoms with Crippen molar-refractivity contribution in [2.45, 2.75) is 50.6 Å². The first-order valence-corrected chi connectivity index (χ1v) is 8.02. The summed E-state index contributed by atoms with van der Waals surface area (Å²) in [5.41, 5.74) is -0.274.